The molecule has 3 N–H and O–H groups in total. The molecule has 3 aromatic rings. The summed E-state index contributed by atoms with van der Waals surface area (Å²) in [7, 11) is 1.00. The predicted octanol–water partition coefficient (Wildman–Crippen LogP) is 1.36. The van der Waals surface area contributed by atoms with Crippen molar-refractivity contribution in [1.82, 2.24) is 19.5 Å². The summed E-state index contributed by atoms with van der Waals surface area (Å²) in [5.74, 6) is 0.0990. The van der Waals surface area contributed by atoms with E-state index in [2.05, 4.69) is 20.3 Å². The van der Waals surface area contributed by atoms with E-state index in [0.717, 1.165) is 20.0 Å². The zero-order valence-electron chi connectivity index (χ0n) is 14.8. The van der Waals surface area contributed by atoms with Crippen LogP contribution in [0, 0.1) is 0 Å². The summed E-state index contributed by atoms with van der Waals surface area (Å²) < 4.78 is 7.59. The van der Waals surface area contributed by atoms with Gasteiger partial charge < -0.3 is 20.3 Å². The Morgan fingerprint density at radius 2 is 2.00 bits per heavy atom. The number of rotatable bonds is 4. The molecule has 1 aliphatic rings. The minimum atomic E-state index is -0.257. The molecular formula is C18H21N5O4. The molecule has 3 heterocycles. The van der Waals surface area contributed by atoms with Crippen LogP contribution >= 0.6 is 0 Å². The minimum absolute atomic E-state index is 0.00348. The fraction of sp³-hybridized carbons (Fsp3) is 0.333. The lowest BCUT2D eigenvalue weighted by Crippen LogP contribution is -2.15. The summed E-state index contributed by atoms with van der Waals surface area (Å²) in [5, 5.41) is 19.0. The number of nitrogens with zero attached hydrogens (tertiary/aromatic N) is 4. The fourth-order valence-corrected chi connectivity index (χ4v) is 2.95. The van der Waals surface area contributed by atoms with Gasteiger partial charge in [-0.2, -0.15) is 0 Å². The third kappa shape index (κ3) is 3.95. The SMILES string of the molecule is CO.O=C(Nc1ncnc2c1ncn2C1CCC(CO)O1)c1ccccc1. The van der Waals surface area contributed by atoms with Crippen molar-refractivity contribution in [3.8, 4) is 0 Å². The Hall–Kier alpha value is -2.88. The predicted molar refractivity (Wildman–Crippen MR) is 98.1 cm³/mol. The van der Waals surface area contributed by atoms with Crippen molar-refractivity contribution in [2.75, 3.05) is 19.0 Å². The van der Waals surface area contributed by atoms with E-state index in [-0.39, 0.29) is 24.8 Å². The van der Waals surface area contributed by atoms with Crippen LogP contribution in [-0.4, -0.2) is 55.5 Å². The van der Waals surface area contributed by atoms with E-state index in [1.165, 1.54) is 6.33 Å². The lowest BCUT2D eigenvalue weighted by molar-refractivity contribution is -0.0207. The lowest BCUT2D eigenvalue weighted by atomic mass is 10.2. The summed E-state index contributed by atoms with van der Waals surface area (Å²) >= 11 is 0. The molecule has 9 heteroatoms. The molecule has 27 heavy (non-hydrogen) atoms. The largest absolute Gasteiger partial charge is 0.400 e. The molecule has 2 atom stereocenters. The maximum atomic E-state index is 12.3. The van der Waals surface area contributed by atoms with Crippen LogP contribution in [-0.2, 0) is 4.74 Å². The number of imidazole rings is 1. The van der Waals surface area contributed by atoms with Crippen molar-refractivity contribution in [3.05, 3.63) is 48.5 Å². The number of amides is 1. The van der Waals surface area contributed by atoms with Crippen LogP contribution < -0.4 is 5.32 Å². The van der Waals surface area contributed by atoms with Gasteiger partial charge in [0.2, 0.25) is 0 Å². The van der Waals surface area contributed by atoms with Gasteiger partial charge in [0.05, 0.1) is 19.0 Å². The monoisotopic (exact) mass is 371 g/mol. The van der Waals surface area contributed by atoms with Crippen molar-refractivity contribution < 1.29 is 19.7 Å². The first-order chi connectivity index (χ1) is 13.3. The molecule has 1 aliphatic heterocycles. The van der Waals surface area contributed by atoms with E-state index in [4.69, 9.17) is 9.84 Å². The van der Waals surface area contributed by atoms with Crippen LogP contribution in [0.25, 0.3) is 11.2 Å². The van der Waals surface area contributed by atoms with E-state index < -0.39 is 0 Å². The molecule has 1 saturated heterocycles. The van der Waals surface area contributed by atoms with Crippen molar-refractivity contribution >= 4 is 22.9 Å². The van der Waals surface area contributed by atoms with Gasteiger partial charge in [-0.1, -0.05) is 18.2 Å². The van der Waals surface area contributed by atoms with Gasteiger partial charge in [0, 0.05) is 12.7 Å². The van der Waals surface area contributed by atoms with Gasteiger partial charge in [-0.3, -0.25) is 9.36 Å². The van der Waals surface area contributed by atoms with Gasteiger partial charge in [-0.05, 0) is 25.0 Å². The Morgan fingerprint density at radius 1 is 1.22 bits per heavy atom. The number of aromatic nitrogens is 4. The molecule has 4 rings (SSSR count). The molecule has 9 nitrogen and oxygen atoms in total. The van der Waals surface area contributed by atoms with E-state index in [1.807, 2.05) is 10.6 Å². The first kappa shape index (κ1) is 18.9. The highest BCUT2D eigenvalue weighted by Crippen LogP contribution is 2.31. The highest BCUT2D eigenvalue weighted by atomic mass is 16.5. The number of hydrogen-bond donors (Lipinski definition) is 3. The van der Waals surface area contributed by atoms with E-state index in [9.17, 15) is 9.90 Å². The third-order valence-corrected chi connectivity index (χ3v) is 4.23. The van der Waals surface area contributed by atoms with E-state index in [0.29, 0.717) is 22.5 Å². The van der Waals surface area contributed by atoms with E-state index in [1.54, 1.807) is 30.6 Å². The molecular weight excluding hydrogens is 350 g/mol. The summed E-state index contributed by atoms with van der Waals surface area (Å²) in [6.45, 7) is -0.00348. The van der Waals surface area contributed by atoms with Crippen LogP contribution in [0.15, 0.2) is 43.0 Å². The number of benzene rings is 1. The first-order valence-corrected chi connectivity index (χ1v) is 8.51. The van der Waals surface area contributed by atoms with Gasteiger partial charge in [-0.25, -0.2) is 15.0 Å². The molecule has 2 unspecified atom stereocenters. The Bertz CT molecular complexity index is 899. The standard InChI is InChI=1S/C17H17N5O3.CH4O/c23-8-12-6-7-13(25-12)22-10-20-14-15(18-9-19-16(14)22)21-17(24)11-4-2-1-3-5-11;1-2/h1-5,9-10,12-13,23H,6-8H2,(H,18,19,21,24);2H,1H3. The zero-order chi connectivity index (χ0) is 19.2. The first-order valence-electron chi connectivity index (χ1n) is 8.51. The average Bonchev–Trinajstić information content (AvgIpc) is 3.37. The molecule has 0 bridgehead atoms. The van der Waals surface area contributed by atoms with Crippen LogP contribution in [0.5, 0.6) is 0 Å². The third-order valence-electron chi connectivity index (χ3n) is 4.23. The van der Waals surface area contributed by atoms with Crippen molar-refractivity contribution in [1.29, 1.82) is 0 Å². The highest BCUT2D eigenvalue weighted by molar-refractivity contribution is 6.06. The number of fused-ring (bicyclic) bond motifs is 1. The van der Waals surface area contributed by atoms with Crippen molar-refractivity contribution in [2.24, 2.45) is 0 Å². The maximum absolute atomic E-state index is 12.3. The van der Waals surface area contributed by atoms with Crippen molar-refractivity contribution in [2.45, 2.75) is 25.2 Å². The van der Waals surface area contributed by atoms with Crippen LogP contribution in [0.4, 0.5) is 5.82 Å². The summed E-state index contributed by atoms with van der Waals surface area (Å²) in [5.41, 5.74) is 1.63. The van der Waals surface area contributed by atoms with Crippen LogP contribution in [0.2, 0.25) is 0 Å². The molecule has 0 spiro atoms. The molecule has 1 aromatic carbocycles. The smallest absolute Gasteiger partial charge is 0.256 e. The highest BCUT2D eigenvalue weighted by Gasteiger charge is 2.28. The second kappa shape index (κ2) is 8.67. The van der Waals surface area contributed by atoms with Crippen LogP contribution in [0.3, 0.4) is 0 Å². The van der Waals surface area contributed by atoms with Crippen molar-refractivity contribution in [3.63, 3.8) is 0 Å². The number of anilines is 1. The normalized spacial score (nSPS) is 18.8. The number of hydrogen-bond acceptors (Lipinski definition) is 7. The van der Waals surface area contributed by atoms with Gasteiger partial charge >= 0.3 is 0 Å². The molecule has 0 aliphatic carbocycles. The average molecular weight is 371 g/mol. The second-order valence-corrected chi connectivity index (χ2v) is 5.84. The van der Waals surface area contributed by atoms with Gasteiger partial charge in [0.25, 0.3) is 5.91 Å². The lowest BCUT2D eigenvalue weighted by Gasteiger charge is -2.13. The maximum Gasteiger partial charge on any atom is 0.256 e. The van der Waals surface area contributed by atoms with Gasteiger partial charge in [-0.15, -0.1) is 0 Å². The zero-order valence-corrected chi connectivity index (χ0v) is 14.8. The molecule has 0 radical (unpaired) electrons. The Morgan fingerprint density at radius 3 is 2.70 bits per heavy atom. The summed E-state index contributed by atoms with van der Waals surface area (Å²) in [6.07, 6.45) is 4.17. The molecule has 142 valence electrons. The molecule has 1 fully saturated rings. The van der Waals surface area contributed by atoms with Crippen LogP contribution in [0.1, 0.15) is 29.4 Å². The molecule has 2 aromatic heterocycles. The number of aliphatic hydroxyl groups excluding tert-OH is 2. The quantitative estimate of drug-likeness (QED) is 0.633. The number of aliphatic hydroxyl groups is 2. The van der Waals surface area contributed by atoms with E-state index >= 15 is 0 Å². The number of ether oxygens (including phenoxy) is 1. The second-order valence-electron chi connectivity index (χ2n) is 5.84. The van der Waals surface area contributed by atoms with Gasteiger partial charge in [0.1, 0.15) is 12.6 Å². The fourth-order valence-electron chi connectivity index (χ4n) is 2.95. The summed E-state index contributed by atoms with van der Waals surface area (Å²) in [6, 6.07) is 8.91. The Balaban J connectivity index is 0.00000102. The number of nitrogens with one attached hydrogen (secondary N) is 1. The minimum Gasteiger partial charge on any atom is -0.400 e. The number of carbonyl (C=O) groups is 1. The Labute approximate surface area is 155 Å². The topological polar surface area (TPSA) is 122 Å². The molecule has 1 amide bonds. The Kier molecular flexibility index (Phi) is 6.07. The van der Waals surface area contributed by atoms with Gasteiger partial charge in [0.15, 0.2) is 17.0 Å². The molecule has 0 saturated carbocycles. The number of carbonyl (C=O) groups excluding carboxylic acids is 1. The summed E-state index contributed by atoms with van der Waals surface area (Å²) in [4.78, 5) is 25.1.